The summed E-state index contributed by atoms with van der Waals surface area (Å²) in [6.07, 6.45) is 2.94. The third kappa shape index (κ3) is 4.94. The van der Waals surface area contributed by atoms with Gasteiger partial charge in [-0.05, 0) is 39.2 Å². The van der Waals surface area contributed by atoms with Crippen LogP contribution in [0.2, 0.25) is 0 Å². The molecule has 0 bridgehead atoms. The molecule has 0 aromatic rings. The Hall–Kier alpha value is -0.610. The summed E-state index contributed by atoms with van der Waals surface area (Å²) < 4.78 is 5.63. The van der Waals surface area contributed by atoms with Crippen LogP contribution in [-0.2, 0) is 9.53 Å². The third-order valence-electron chi connectivity index (χ3n) is 3.55. The van der Waals surface area contributed by atoms with Crippen molar-refractivity contribution in [2.45, 2.75) is 52.2 Å². The van der Waals surface area contributed by atoms with Crippen LogP contribution in [0.3, 0.4) is 0 Å². The maximum absolute atomic E-state index is 12.2. The number of hydrogen-bond donors (Lipinski definition) is 1. The first-order chi connectivity index (χ1) is 8.54. The summed E-state index contributed by atoms with van der Waals surface area (Å²) in [6, 6.07) is 0.436. The second-order valence-electron chi connectivity index (χ2n) is 5.61. The molecule has 0 aromatic carbocycles. The van der Waals surface area contributed by atoms with Crippen molar-refractivity contribution in [1.82, 2.24) is 10.2 Å². The number of ether oxygens (including phenoxy) is 1. The highest BCUT2D eigenvalue weighted by Crippen LogP contribution is 2.12. The van der Waals surface area contributed by atoms with Gasteiger partial charge in [-0.15, -0.1) is 0 Å². The van der Waals surface area contributed by atoms with Gasteiger partial charge in [0.1, 0.15) is 6.10 Å². The van der Waals surface area contributed by atoms with E-state index in [-0.39, 0.29) is 12.0 Å². The molecule has 0 aromatic heterocycles. The molecule has 0 spiro atoms. The summed E-state index contributed by atoms with van der Waals surface area (Å²) in [4.78, 5) is 14.1. The van der Waals surface area contributed by atoms with Crippen LogP contribution in [-0.4, -0.2) is 49.7 Å². The third-order valence-corrected chi connectivity index (χ3v) is 3.55. The average Bonchev–Trinajstić information content (AvgIpc) is 2.37. The number of carbonyl (C=O) groups is 1. The van der Waals surface area contributed by atoms with Crippen molar-refractivity contribution >= 4 is 5.91 Å². The molecule has 1 heterocycles. The molecule has 2 atom stereocenters. The predicted molar refractivity (Wildman–Crippen MR) is 73.5 cm³/mol. The molecule has 1 rings (SSSR count). The molecule has 1 N–H and O–H groups in total. The Bertz CT molecular complexity index is 256. The molecule has 1 fully saturated rings. The van der Waals surface area contributed by atoms with Gasteiger partial charge in [-0.1, -0.05) is 13.8 Å². The minimum Gasteiger partial charge on any atom is -0.369 e. The Morgan fingerprint density at radius 3 is 2.78 bits per heavy atom. The van der Waals surface area contributed by atoms with Crippen molar-refractivity contribution in [1.29, 1.82) is 0 Å². The molecule has 2 unspecified atom stereocenters. The maximum Gasteiger partial charge on any atom is 0.251 e. The fraction of sp³-hybridized carbons (Fsp3) is 0.929. The number of carbonyl (C=O) groups excluding carboxylic acids is 1. The van der Waals surface area contributed by atoms with Gasteiger partial charge in [0.2, 0.25) is 0 Å². The number of nitrogens with one attached hydrogen (secondary N) is 1. The van der Waals surface area contributed by atoms with E-state index in [1.807, 2.05) is 18.9 Å². The van der Waals surface area contributed by atoms with E-state index in [1.165, 1.54) is 0 Å². The lowest BCUT2D eigenvalue weighted by atomic mass is 10.1. The molecule has 1 amide bonds. The standard InChI is InChI=1S/C14H28N2O2/c1-11(2)7-9-18-12(3)14(17)16-8-5-6-13(10-16)15-4/h11-13,15H,5-10H2,1-4H3. The van der Waals surface area contributed by atoms with Gasteiger partial charge < -0.3 is 15.0 Å². The highest BCUT2D eigenvalue weighted by Gasteiger charge is 2.26. The van der Waals surface area contributed by atoms with E-state index in [1.54, 1.807) is 0 Å². The van der Waals surface area contributed by atoms with Gasteiger partial charge in [-0.3, -0.25) is 4.79 Å². The minimum absolute atomic E-state index is 0.138. The number of likely N-dealkylation sites (tertiary alicyclic amines) is 1. The summed E-state index contributed by atoms with van der Waals surface area (Å²) >= 11 is 0. The monoisotopic (exact) mass is 256 g/mol. The second kappa shape index (κ2) is 7.74. The van der Waals surface area contributed by atoms with Crippen LogP contribution < -0.4 is 5.32 Å². The summed E-state index contributed by atoms with van der Waals surface area (Å²) in [7, 11) is 1.96. The maximum atomic E-state index is 12.2. The van der Waals surface area contributed by atoms with Gasteiger partial charge in [0, 0.05) is 25.7 Å². The van der Waals surface area contributed by atoms with Crippen LogP contribution >= 0.6 is 0 Å². The molecule has 106 valence electrons. The fourth-order valence-corrected chi connectivity index (χ4v) is 2.22. The van der Waals surface area contributed by atoms with Crippen LogP contribution in [0.25, 0.3) is 0 Å². The van der Waals surface area contributed by atoms with Gasteiger partial charge in [-0.25, -0.2) is 0 Å². The normalized spacial score (nSPS) is 22.3. The van der Waals surface area contributed by atoms with Gasteiger partial charge in [0.15, 0.2) is 0 Å². The van der Waals surface area contributed by atoms with Gasteiger partial charge in [0.05, 0.1) is 0 Å². The Kier molecular flexibility index (Phi) is 6.65. The van der Waals surface area contributed by atoms with Crippen molar-refractivity contribution in [3.8, 4) is 0 Å². The van der Waals surface area contributed by atoms with E-state index in [4.69, 9.17) is 4.74 Å². The van der Waals surface area contributed by atoms with E-state index >= 15 is 0 Å². The molecule has 0 aliphatic carbocycles. The highest BCUT2D eigenvalue weighted by molar-refractivity contribution is 5.80. The zero-order chi connectivity index (χ0) is 13.5. The summed E-state index contributed by atoms with van der Waals surface area (Å²) in [5.41, 5.74) is 0. The SMILES string of the molecule is CNC1CCCN(C(=O)C(C)OCCC(C)C)C1. The van der Waals surface area contributed by atoms with Gasteiger partial charge in [0.25, 0.3) is 5.91 Å². The van der Waals surface area contributed by atoms with Gasteiger partial charge in [-0.2, -0.15) is 0 Å². The number of rotatable bonds is 6. The van der Waals surface area contributed by atoms with Crippen LogP contribution in [0.1, 0.15) is 40.0 Å². The molecule has 0 radical (unpaired) electrons. The topological polar surface area (TPSA) is 41.6 Å². The zero-order valence-electron chi connectivity index (χ0n) is 12.2. The molecule has 4 nitrogen and oxygen atoms in total. The molecule has 4 heteroatoms. The van der Waals surface area contributed by atoms with E-state index < -0.39 is 0 Å². The lowest BCUT2D eigenvalue weighted by molar-refractivity contribution is -0.144. The molecule has 0 saturated carbocycles. The van der Waals surface area contributed by atoms with E-state index in [9.17, 15) is 4.79 Å². The Morgan fingerprint density at radius 1 is 1.44 bits per heavy atom. The first-order valence-corrected chi connectivity index (χ1v) is 7.12. The molecule has 1 saturated heterocycles. The summed E-state index contributed by atoms with van der Waals surface area (Å²) in [6.45, 7) is 8.55. The average molecular weight is 256 g/mol. The van der Waals surface area contributed by atoms with E-state index in [2.05, 4.69) is 19.2 Å². The van der Waals surface area contributed by atoms with Crippen molar-refractivity contribution in [2.24, 2.45) is 5.92 Å². The Balaban J connectivity index is 2.33. The zero-order valence-corrected chi connectivity index (χ0v) is 12.2. The quantitative estimate of drug-likeness (QED) is 0.785. The number of likely N-dealkylation sites (N-methyl/N-ethyl adjacent to an activating group) is 1. The lowest BCUT2D eigenvalue weighted by Gasteiger charge is -2.34. The molecular weight excluding hydrogens is 228 g/mol. The second-order valence-corrected chi connectivity index (χ2v) is 5.61. The molecule has 1 aliphatic rings. The highest BCUT2D eigenvalue weighted by atomic mass is 16.5. The van der Waals surface area contributed by atoms with Crippen LogP contribution in [0.4, 0.5) is 0 Å². The molecular formula is C14H28N2O2. The van der Waals surface area contributed by atoms with Crippen LogP contribution in [0.15, 0.2) is 0 Å². The minimum atomic E-state index is -0.306. The number of hydrogen-bond acceptors (Lipinski definition) is 3. The largest absolute Gasteiger partial charge is 0.369 e. The number of amides is 1. The van der Waals surface area contributed by atoms with Crippen molar-refractivity contribution in [3.63, 3.8) is 0 Å². The van der Waals surface area contributed by atoms with Crippen molar-refractivity contribution in [2.75, 3.05) is 26.7 Å². The lowest BCUT2D eigenvalue weighted by Crippen LogP contribution is -2.50. The van der Waals surface area contributed by atoms with Crippen LogP contribution in [0, 0.1) is 5.92 Å². The fourth-order valence-electron chi connectivity index (χ4n) is 2.22. The number of nitrogens with zero attached hydrogens (tertiary/aromatic N) is 1. The first kappa shape index (κ1) is 15.4. The smallest absolute Gasteiger partial charge is 0.251 e. The van der Waals surface area contributed by atoms with E-state index in [0.717, 1.165) is 32.4 Å². The molecule has 18 heavy (non-hydrogen) atoms. The van der Waals surface area contributed by atoms with Gasteiger partial charge >= 0.3 is 0 Å². The van der Waals surface area contributed by atoms with E-state index in [0.29, 0.717) is 18.6 Å². The number of piperidine rings is 1. The summed E-state index contributed by atoms with van der Waals surface area (Å²) in [5, 5.41) is 3.25. The van der Waals surface area contributed by atoms with Crippen LogP contribution in [0.5, 0.6) is 0 Å². The van der Waals surface area contributed by atoms with Crippen molar-refractivity contribution < 1.29 is 9.53 Å². The molecule has 1 aliphatic heterocycles. The predicted octanol–water partition coefficient (Wildman–Crippen LogP) is 1.65. The van der Waals surface area contributed by atoms with Crippen molar-refractivity contribution in [3.05, 3.63) is 0 Å². The summed E-state index contributed by atoms with van der Waals surface area (Å²) in [5.74, 6) is 0.759. The first-order valence-electron chi connectivity index (χ1n) is 7.12. The Morgan fingerprint density at radius 2 is 2.17 bits per heavy atom. The Labute approximate surface area is 111 Å².